The summed E-state index contributed by atoms with van der Waals surface area (Å²) in [6.45, 7) is 6.90. The second kappa shape index (κ2) is 6.89. The van der Waals surface area contributed by atoms with Crippen LogP contribution in [-0.4, -0.2) is 28.9 Å². The fourth-order valence-electron chi connectivity index (χ4n) is 3.75. The second-order valence-corrected chi connectivity index (χ2v) is 8.28. The molecule has 3 heterocycles. The molecule has 26 heavy (non-hydrogen) atoms. The lowest BCUT2D eigenvalue weighted by molar-refractivity contribution is 0.101. The van der Waals surface area contributed by atoms with Crippen molar-refractivity contribution in [1.82, 2.24) is 4.90 Å². The van der Waals surface area contributed by atoms with Crippen molar-refractivity contribution in [2.24, 2.45) is 5.92 Å². The molecule has 2 aliphatic heterocycles. The number of phenols is 1. The summed E-state index contributed by atoms with van der Waals surface area (Å²) in [7, 11) is 0. The summed E-state index contributed by atoms with van der Waals surface area (Å²) in [5.74, 6) is 1.60. The van der Waals surface area contributed by atoms with Gasteiger partial charge in [0.2, 0.25) is 5.78 Å². The molecular weight excluding hydrogens is 346 g/mol. The molecule has 1 atom stereocenters. The first kappa shape index (κ1) is 17.3. The molecule has 0 unspecified atom stereocenters. The number of likely N-dealkylation sites (tertiary alicyclic amines) is 1. The van der Waals surface area contributed by atoms with Crippen molar-refractivity contribution in [3.05, 3.63) is 50.9 Å². The van der Waals surface area contributed by atoms with E-state index in [9.17, 15) is 9.90 Å². The van der Waals surface area contributed by atoms with Crippen LogP contribution in [0.15, 0.2) is 29.3 Å². The molecule has 5 heteroatoms. The lowest BCUT2D eigenvalue weighted by atomic mass is 9.99. The molecule has 4 nitrogen and oxygen atoms in total. The molecule has 1 aromatic heterocycles. The Kier molecular flexibility index (Phi) is 4.59. The van der Waals surface area contributed by atoms with Crippen LogP contribution in [0.3, 0.4) is 0 Å². The van der Waals surface area contributed by atoms with Gasteiger partial charge in [-0.15, -0.1) is 11.3 Å². The van der Waals surface area contributed by atoms with Gasteiger partial charge >= 0.3 is 0 Å². The van der Waals surface area contributed by atoms with E-state index in [-0.39, 0.29) is 11.5 Å². The Bertz CT molecular complexity index is 883. The molecule has 0 spiro atoms. The Labute approximate surface area is 157 Å². The van der Waals surface area contributed by atoms with E-state index in [0.717, 1.165) is 29.1 Å². The smallest absolute Gasteiger partial charge is 0.232 e. The van der Waals surface area contributed by atoms with Crippen LogP contribution >= 0.6 is 11.3 Å². The minimum atomic E-state index is -0.110. The van der Waals surface area contributed by atoms with E-state index < -0.39 is 0 Å². The molecule has 1 N–H and O–H groups in total. The molecule has 1 aromatic carbocycles. The van der Waals surface area contributed by atoms with Crippen LogP contribution < -0.4 is 4.74 Å². The van der Waals surface area contributed by atoms with Crippen molar-refractivity contribution in [3.8, 4) is 11.5 Å². The molecular formula is C21H23NO3S. The first-order chi connectivity index (χ1) is 12.5. The maximum absolute atomic E-state index is 12.8. The Balaban J connectivity index is 1.65. The fraction of sp³-hybridized carbons (Fsp3) is 0.381. The summed E-state index contributed by atoms with van der Waals surface area (Å²) in [6.07, 6.45) is 4.23. The number of hydrogen-bond acceptors (Lipinski definition) is 5. The summed E-state index contributed by atoms with van der Waals surface area (Å²) in [4.78, 5) is 16.1. The van der Waals surface area contributed by atoms with Gasteiger partial charge < -0.3 is 9.84 Å². The van der Waals surface area contributed by atoms with E-state index in [1.165, 1.54) is 12.8 Å². The van der Waals surface area contributed by atoms with Gasteiger partial charge in [-0.05, 0) is 61.4 Å². The molecule has 2 aliphatic rings. The maximum Gasteiger partial charge on any atom is 0.232 e. The number of phenolic OH excluding ortho intramolecular Hbond substituents is 1. The maximum atomic E-state index is 12.8. The van der Waals surface area contributed by atoms with Crippen molar-refractivity contribution in [1.29, 1.82) is 0 Å². The summed E-state index contributed by atoms with van der Waals surface area (Å²) >= 11 is 1.59. The SMILES string of the molecule is Cc1ccsc1C=C1Oc2c(ccc(O)c2CN2CCC[C@H](C)C2)C1=O. The Morgan fingerprint density at radius 3 is 2.96 bits per heavy atom. The largest absolute Gasteiger partial charge is 0.507 e. The van der Waals surface area contributed by atoms with Crippen LogP contribution in [-0.2, 0) is 6.54 Å². The number of aromatic hydroxyl groups is 1. The highest BCUT2D eigenvalue weighted by atomic mass is 32.1. The molecule has 0 amide bonds. The molecule has 4 rings (SSSR count). The first-order valence-corrected chi connectivity index (χ1v) is 9.96. The van der Waals surface area contributed by atoms with Crippen LogP contribution in [0.25, 0.3) is 6.08 Å². The Morgan fingerprint density at radius 2 is 2.23 bits per heavy atom. The molecule has 0 bridgehead atoms. The molecule has 2 aromatic rings. The normalized spacial score (nSPS) is 21.8. The minimum absolute atomic E-state index is 0.110. The molecule has 0 radical (unpaired) electrons. The van der Waals surface area contributed by atoms with Crippen molar-refractivity contribution in [2.75, 3.05) is 13.1 Å². The zero-order chi connectivity index (χ0) is 18.3. The number of ether oxygens (including phenoxy) is 1. The third-order valence-electron chi connectivity index (χ3n) is 5.20. The number of allylic oxidation sites excluding steroid dienone is 1. The average molecular weight is 369 g/mol. The van der Waals surface area contributed by atoms with Crippen molar-refractivity contribution < 1.29 is 14.6 Å². The molecule has 136 valence electrons. The number of piperidine rings is 1. The number of ketones is 1. The number of benzene rings is 1. The van der Waals surface area contributed by atoms with Crippen LogP contribution in [0.4, 0.5) is 0 Å². The van der Waals surface area contributed by atoms with E-state index in [0.29, 0.717) is 29.5 Å². The highest BCUT2D eigenvalue weighted by Crippen LogP contribution is 2.40. The number of carbonyl (C=O) groups excluding carboxylic acids is 1. The molecule has 0 aliphatic carbocycles. The number of thiophene rings is 1. The van der Waals surface area contributed by atoms with E-state index >= 15 is 0 Å². The first-order valence-electron chi connectivity index (χ1n) is 9.08. The van der Waals surface area contributed by atoms with Gasteiger partial charge in [0.15, 0.2) is 5.76 Å². The second-order valence-electron chi connectivity index (χ2n) is 7.33. The fourth-order valence-corrected chi connectivity index (χ4v) is 4.60. The monoisotopic (exact) mass is 369 g/mol. The van der Waals surface area contributed by atoms with Gasteiger partial charge in [-0.2, -0.15) is 0 Å². The van der Waals surface area contributed by atoms with E-state index in [1.54, 1.807) is 23.5 Å². The van der Waals surface area contributed by atoms with Gasteiger partial charge in [-0.3, -0.25) is 9.69 Å². The highest BCUT2D eigenvalue weighted by molar-refractivity contribution is 7.11. The average Bonchev–Trinajstić information content (AvgIpc) is 3.15. The Morgan fingerprint density at radius 1 is 1.38 bits per heavy atom. The summed E-state index contributed by atoms with van der Waals surface area (Å²) in [5, 5.41) is 12.4. The van der Waals surface area contributed by atoms with Crippen molar-refractivity contribution >= 4 is 23.2 Å². The third kappa shape index (κ3) is 3.17. The van der Waals surface area contributed by atoms with E-state index in [2.05, 4.69) is 11.8 Å². The van der Waals surface area contributed by atoms with Crippen LogP contribution in [0.2, 0.25) is 0 Å². The van der Waals surface area contributed by atoms with Gasteiger partial charge in [0, 0.05) is 24.0 Å². The number of hydrogen-bond donors (Lipinski definition) is 1. The lowest BCUT2D eigenvalue weighted by Crippen LogP contribution is -2.33. The standard InChI is InChI=1S/C21H23NO3S/c1-13-4-3-8-22(11-13)12-16-17(23)6-5-15-20(24)18(25-21(15)16)10-19-14(2)7-9-26-19/h5-7,9-10,13,23H,3-4,8,11-12H2,1-2H3/t13-/m0/s1. The topological polar surface area (TPSA) is 49.8 Å². The zero-order valence-electron chi connectivity index (χ0n) is 15.1. The van der Waals surface area contributed by atoms with Gasteiger partial charge in [-0.1, -0.05) is 6.92 Å². The summed E-state index contributed by atoms with van der Waals surface area (Å²) in [5.41, 5.74) is 2.39. The van der Waals surface area contributed by atoms with Gasteiger partial charge in [-0.25, -0.2) is 0 Å². The highest BCUT2D eigenvalue weighted by Gasteiger charge is 2.32. The van der Waals surface area contributed by atoms with E-state index in [1.807, 2.05) is 24.4 Å². The van der Waals surface area contributed by atoms with Gasteiger partial charge in [0.05, 0.1) is 11.1 Å². The lowest BCUT2D eigenvalue weighted by Gasteiger charge is -2.31. The number of rotatable bonds is 3. The van der Waals surface area contributed by atoms with Crippen molar-refractivity contribution in [2.45, 2.75) is 33.2 Å². The third-order valence-corrected chi connectivity index (χ3v) is 6.17. The molecule has 1 saturated heterocycles. The van der Waals surface area contributed by atoms with Gasteiger partial charge in [0.1, 0.15) is 11.5 Å². The predicted octanol–water partition coefficient (Wildman–Crippen LogP) is 4.61. The Hall–Kier alpha value is -2.11. The number of Topliss-reactive ketones (excluding diaryl/α,β-unsaturated/α-hetero) is 1. The number of aryl methyl sites for hydroxylation is 1. The quantitative estimate of drug-likeness (QED) is 0.803. The number of fused-ring (bicyclic) bond motifs is 1. The minimum Gasteiger partial charge on any atom is -0.507 e. The summed E-state index contributed by atoms with van der Waals surface area (Å²) in [6, 6.07) is 5.30. The van der Waals surface area contributed by atoms with Crippen LogP contribution in [0.1, 0.15) is 46.1 Å². The van der Waals surface area contributed by atoms with Crippen LogP contribution in [0, 0.1) is 12.8 Å². The van der Waals surface area contributed by atoms with Crippen molar-refractivity contribution in [3.63, 3.8) is 0 Å². The van der Waals surface area contributed by atoms with Gasteiger partial charge in [0.25, 0.3) is 0 Å². The summed E-state index contributed by atoms with van der Waals surface area (Å²) < 4.78 is 5.96. The number of carbonyl (C=O) groups is 1. The van der Waals surface area contributed by atoms with E-state index in [4.69, 9.17) is 4.74 Å². The number of nitrogens with zero attached hydrogens (tertiary/aromatic N) is 1. The van der Waals surface area contributed by atoms with Crippen LogP contribution in [0.5, 0.6) is 11.5 Å². The molecule has 1 fully saturated rings. The predicted molar refractivity (Wildman–Crippen MR) is 104 cm³/mol. The zero-order valence-corrected chi connectivity index (χ0v) is 15.9. The molecule has 0 saturated carbocycles.